The second-order valence-corrected chi connectivity index (χ2v) is 7.16. The molecule has 1 fully saturated rings. The van der Waals surface area contributed by atoms with Gasteiger partial charge in [-0.05, 0) is 24.0 Å². The van der Waals surface area contributed by atoms with Gasteiger partial charge in [0.05, 0.1) is 6.04 Å². The van der Waals surface area contributed by atoms with Crippen LogP contribution in [0.1, 0.15) is 43.2 Å². The molecule has 4 nitrogen and oxygen atoms in total. The van der Waals surface area contributed by atoms with Crippen molar-refractivity contribution in [3.8, 4) is 0 Å². The minimum atomic E-state index is -0.544. The highest BCUT2D eigenvalue weighted by Gasteiger charge is 2.44. The van der Waals surface area contributed by atoms with Crippen LogP contribution in [0, 0.1) is 5.92 Å². The van der Waals surface area contributed by atoms with E-state index >= 15 is 0 Å². The molecule has 146 valence electrons. The van der Waals surface area contributed by atoms with Gasteiger partial charge in [-0.3, -0.25) is 4.79 Å². The molecular formula is C24H27NO3. The van der Waals surface area contributed by atoms with Gasteiger partial charge in [0.25, 0.3) is 0 Å². The van der Waals surface area contributed by atoms with Gasteiger partial charge in [0.2, 0.25) is 5.91 Å². The summed E-state index contributed by atoms with van der Waals surface area (Å²) in [7, 11) is 0. The summed E-state index contributed by atoms with van der Waals surface area (Å²) >= 11 is 0. The highest BCUT2D eigenvalue weighted by atomic mass is 16.6. The zero-order valence-corrected chi connectivity index (χ0v) is 16.3. The van der Waals surface area contributed by atoms with Crippen LogP contribution < -0.4 is 0 Å². The number of hydrogen-bond acceptors (Lipinski definition) is 3. The number of amides is 2. The third-order valence-corrected chi connectivity index (χ3v) is 5.28. The molecule has 0 radical (unpaired) electrons. The van der Waals surface area contributed by atoms with E-state index in [4.69, 9.17) is 4.74 Å². The van der Waals surface area contributed by atoms with Gasteiger partial charge in [-0.2, -0.15) is 0 Å². The molecule has 0 unspecified atom stereocenters. The fraction of sp³-hybridized carbons (Fsp3) is 0.333. The predicted octanol–water partition coefficient (Wildman–Crippen LogP) is 5.16. The molecule has 28 heavy (non-hydrogen) atoms. The summed E-state index contributed by atoms with van der Waals surface area (Å²) in [4.78, 5) is 27.2. The Morgan fingerprint density at radius 2 is 1.71 bits per heavy atom. The van der Waals surface area contributed by atoms with E-state index in [2.05, 4.69) is 6.58 Å². The molecule has 3 rings (SSSR count). The molecule has 0 spiro atoms. The van der Waals surface area contributed by atoms with E-state index in [9.17, 15) is 9.59 Å². The molecule has 0 aromatic heterocycles. The number of rotatable bonds is 8. The number of hydrogen-bond donors (Lipinski definition) is 0. The van der Waals surface area contributed by atoms with Gasteiger partial charge in [0.1, 0.15) is 6.61 Å². The molecule has 2 aromatic carbocycles. The summed E-state index contributed by atoms with van der Waals surface area (Å²) in [5.74, 6) is -0.544. The lowest BCUT2D eigenvalue weighted by atomic mass is 9.84. The monoisotopic (exact) mass is 377 g/mol. The molecule has 2 aromatic rings. The summed E-state index contributed by atoms with van der Waals surface area (Å²) in [6.45, 7) is 6.02. The molecular weight excluding hydrogens is 350 g/mol. The fourth-order valence-corrected chi connectivity index (χ4v) is 3.98. The van der Waals surface area contributed by atoms with E-state index in [0.29, 0.717) is 6.42 Å². The predicted molar refractivity (Wildman–Crippen MR) is 110 cm³/mol. The van der Waals surface area contributed by atoms with Crippen LogP contribution in [0.3, 0.4) is 0 Å². The largest absolute Gasteiger partial charge is 0.447 e. The summed E-state index contributed by atoms with van der Waals surface area (Å²) in [5.41, 5.74) is 2.12. The van der Waals surface area contributed by atoms with Crippen LogP contribution in [0.5, 0.6) is 0 Å². The van der Waals surface area contributed by atoms with Crippen molar-refractivity contribution >= 4 is 12.0 Å². The van der Waals surface area contributed by atoms with Gasteiger partial charge in [0, 0.05) is 11.8 Å². The molecule has 4 heteroatoms. The number of nitrogens with zero attached hydrogens (tertiary/aromatic N) is 1. The summed E-state index contributed by atoms with van der Waals surface area (Å²) < 4.78 is 5.37. The van der Waals surface area contributed by atoms with E-state index < -0.39 is 6.09 Å². The van der Waals surface area contributed by atoms with E-state index in [1.54, 1.807) is 6.08 Å². The van der Waals surface area contributed by atoms with Crippen molar-refractivity contribution in [2.24, 2.45) is 5.92 Å². The second-order valence-electron chi connectivity index (χ2n) is 7.16. The molecule has 1 heterocycles. The van der Waals surface area contributed by atoms with Crippen molar-refractivity contribution in [3.63, 3.8) is 0 Å². The average Bonchev–Trinajstić information content (AvgIpc) is 3.10. The SMILES string of the molecule is C=CC[C@H](CCC)C(=O)N1C(=O)OC[C@H]1C(c1ccccc1)c1ccccc1. The van der Waals surface area contributed by atoms with Crippen LogP contribution in [-0.2, 0) is 9.53 Å². The topological polar surface area (TPSA) is 46.6 Å². The fourth-order valence-electron chi connectivity index (χ4n) is 3.98. The van der Waals surface area contributed by atoms with Crippen LogP contribution in [-0.4, -0.2) is 29.5 Å². The normalized spacial score (nSPS) is 17.4. The Bertz CT molecular complexity index is 764. The zero-order valence-electron chi connectivity index (χ0n) is 16.3. The molecule has 0 saturated carbocycles. The third-order valence-electron chi connectivity index (χ3n) is 5.28. The molecule has 0 N–H and O–H groups in total. The second kappa shape index (κ2) is 9.36. The lowest BCUT2D eigenvalue weighted by molar-refractivity contribution is -0.133. The summed E-state index contributed by atoms with van der Waals surface area (Å²) in [6, 6.07) is 19.6. The number of ether oxygens (including phenoxy) is 1. The van der Waals surface area contributed by atoms with Crippen LogP contribution in [0.4, 0.5) is 4.79 Å². The summed E-state index contributed by atoms with van der Waals surface area (Å²) in [6.07, 6.45) is 3.36. The third kappa shape index (κ3) is 4.16. The minimum absolute atomic E-state index is 0.135. The Balaban J connectivity index is 2.00. The van der Waals surface area contributed by atoms with Crippen LogP contribution in [0.25, 0.3) is 0 Å². The van der Waals surface area contributed by atoms with Crippen molar-refractivity contribution in [1.82, 2.24) is 4.90 Å². The van der Waals surface area contributed by atoms with E-state index in [1.165, 1.54) is 4.90 Å². The molecule has 0 bridgehead atoms. The number of cyclic esters (lactones) is 1. The van der Waals surface area contributed by atoms with Gasteiger partial charge < -0.3 is 4.74 Å². The van der Waals surface area contributed by atoms with Crippen molar-refractivity contribution in [3.05, 3.63) is 84.4 Å². The van der Waals surface area contributed by atoms with Crippen LogP contribution in [0.15, 0.2) is 73.3 Å². The quantitative estimate of drug-likeness (QED) is 0.597. The first-order valence-electron chi connectivity index (χ1n) is 9.88. The van der Waals surface area contributed by atoms with Gasteiger partial charge in [-0.15, -0.1) is 6.58 Å². The Morgan fingerprint density at radius 3 is 2.21 bits per heavy atom. The number of carbonyl (C=O) groups is 2. The maximum atomic E-state index is 13.3. The number of benzene rings is 2. The lowest BCUT2D eigenvalue weighted by Gasteiger charge is -2.30. The molecule has 1 saturated heterocycles. The van der Waals surface area contributed by atoms with Crippen molar-refractivity contribution in [1.29, 1.82) is 0 Å². The maximum Gasteiger partial charge on any atom is 0.417 e. The van der Waals surface area contributed by atoms with Crippen molar-refractivity contribution in [2.45, 2.75) is 38.1 Å². The Hall–Kier alpha value is -2.88. The molecule has 2 amide bonds. The van der Waals surface area contributed by atoms with E-state index in [1.807, 2.05) is 67.6 Å². The highest BCUT2D eigenvalue weighted by molar-refractivity contribution is 5.95. The Kier molecular flexibility index (Phi) is 6.64. The lowest BCUT2D eigenvalue weighted by Crippen LogP contribution is -2.45. The Morgan fingerprint density at radius 1 is 1.14 bits per heavy atom. The highest BCUT2D eigenvalue weighted by Crippen LogP contribution is 2.35. The first-order valence-corrected chi connectivity index (χ1v) is 9.88. The van der Waals surface area contributed by atoms with E-state index in [-0.39, 0.29) is 30.4 Å². The number of carbonyl (C=O) groups excluding carboxylic acids is 2. The molecule has 1 aliphatic heterocycles. The average molecular weight is 377 g/mol. The minimum Gasteiger partial charge on any atom is -0.447 e. The molecule has 1 aliphatic rings. The smallest absolute Gasteiger partial charge is 0.417 e. The summed E-state index contributed by atoms with van der Waals surface area (Å²) in [5, 5.41) is 0. The molecule has 0 aliphatic carbocycles. The Labute approximate surface area is 166 Å². The first-order chi connectivity index (χ1) is 13.7. The van der Waals surface area contributed by atoms with E-state index in [0.717, 1.165) is 24.0 Å². The van der Waals surface area contributed by atoms with Crippen molar-refractivity contribution in [2.75, 3.05) is 6.61 Å². The van der Waals surface area contributed by atoms with Crippen molar-refractivity contribution < 1.29 is 14.3 Å². The van der Waals surface area contributed by atoms with Crippen LogP contribution >= 0.6 is 0 Å². The maximum absolute atomic E-state index is 13.3. The number of allylic oxidation sites excluding steroid dienone is 1. The standard InChI is InChI=1S/C24H27NO3/c1-3-11-20(12-4-2)23(26)25-21(17-28-24(25)27)22(18-13-7-5-8-14-18)19-15-9-6-10-16-19/h3,5-10,13-16,20-22H,1,4,11-12,17H2,2H3/t20-,21+/m1/s1. The molecule has 2 atom stereocenters. The van der Waals surface area contributed by atoms with Gasteiger partial charge in [0.15, 0.2) is 0 Å². The van der Waals surface area contributed by atoms with Gasteiger partial charge in [-0.1, -0.05) is 80.1 Å². The van der Waals surface area contributed by atoms with Gasteiger partial charge >= 0.3 is 6.09 Å². The zero-order chi connectivity index (χ0) is 19.9. The first kappa shape index (κ1) is 19.9. The number of imide groups is 1. The van der Waals surface area contributed by atoms with Gasteiger partial charge in [-0.25, -0.2) is 9.69 Å². The van der Waals surface area contributed by atoms with Crippen LogP contribution in [0.2, 0.25) is 0 Å².